The molecule has 0 heterocycles. The van der Waals surface area contributed by atoms with Crippen LogP contribution in [0.4, 0.5) is 0 Å². The second-order valence-electron chi connectivity index (χ2n) is 2.09. The second kappa shape index (κ2) is 5.34. The molecule has 0 aliphatic heterocycles. The van der Waals surface area contributed by atoms with Crippen LogP contribution in [0, 0.1) is 0 Å². The van der Waals surface area contributed by atoms with Gasteiger partial charge in [-0.3, -0.25) is 4.79 Å². The van der Waals surface area contributed by atoms with Crippen molar-refractivity contribution in [3.63, 3.8) is 0 Å². The summed E-state index contributed by atoms with van der Waals surface area (Å²) in [6, 6.07) is -0.284. The topological polar surface area (TPSA) is 75.3 Å². The lowest BCUT2D eigenvalue weighted by Gasteiger charge is -2.08. The maximum atomic E-state index is 10.7. The molecule has 0 saturated heterocycles. The van der Waals surface area contributed by atoms with Gasteiger partial charge in [-0.05, 0) is 6.92 Å². The van der Waals surface area contributed by atoms with E-state index in [0.29, 0.717) is 13.1 Å². The fourth-order valence-corrected chi connectivity index (χ4v) is 0.551. The smallest absolute Gasteiger partial charge is 0.174 e. The minimum atomic E-state index is -0.404. The first-order chi connectivity index (χ1) is 4.72. The molecule has 10 heavy (non-hydrogen) atoms. The predicted octanol–water partition coefficient (Wildman–Crippen LogP) is -1.52. The number of carbonyl (C=O) groups is 1. The van der Waals surface area contributed by atoms with Crippen LogP contribution in [-0.2, 0) is 4.79 Å². The molecule has 4 N–H and O–H groups in total. The van der Waals surface area contributed by atoms with Gasteiger partial charge in [0, 0.05) is 13.1 Å². The fourth-order valence-electron chi connectivity index (χ4n) is 0.551. The van der Waals surface area contributed by atoms with Crippen molar-refractivity contribution in [3.05, 3.63) is 0 Å². The third kappa shape index (κ3) is 3.55. The number of ketones is 1. The molecule has 0 aromatic heterocycles. The summed E-state index contributed by atoms with van der Waals surface area (Å²) in [7, 11) is 0. The Hall–Kier alpha value is -0.450. The summed E-state index contributed by atoms with van der Waals surface area (Å²) in [5.74, 6) is -0.201. The lowest BCUT2D eigenvalue weighted by molar-refractivity contribution is -0.123. The average molecular weight is 146 g/mol. The highest BCUT2D eigenvalue weighted by Gasteiger charge is 2.08. The van der Waals surface area contributed by atoms with Gasteiger partial charge in [-0.1, -0.05) is 0 Å². The molecular weight excluding hydrogens is 132 g/mol. The van der Waals surface area contributed by atoms with Gasteiger partial charge in [0.05, 0.1) is 6.04 Å². The van der Waals surface area contributed by atoms with E-state index in [4.69, 9.17) is 10.8 Å². The van der Waals surface area contributed by atoms with E-state index in [1.165, 1.54) is 0 Å². The van der Waals surface area contributed by atoms with Crippen molar-refractivity contribution >= 4 is 5.78 Å². The van der Waals surface area contributed by atoms with Gasteiger partial charge < -0.3 is 16.2 Å². The van der Waals surface area contributed by atoms with Gasteiger partial charge in [-0.25, -0.2) is 0 Å². The third-order valence-corrected chi connectivity index (χ3v) is 1.23. The number of Topliss-reactive ketones (excluding diaryl/α,β-unsaturated/α-hetero) is 1. The van der Waals surface area contributed by atoms with Gasteiger partial charge in [-0.15, -0.1) is 0 Å². The zero-order valence-electron chi connectivity index (χ0n) is 6.13. The third-order valence-electron chi connectivity index (χ3n) is 1.23. The maximum Gasteiger partial charge on any atom is 0.174 e. The molecule has 60 valence electrons. The van der Waals surface area contributed by atoms with E-state index in [1.807, 2.05) is 0 Å². The minimum Gasteiger partial charge on any atom is -0.389 e. The van der Waals surface area contributed by atoms with Crippen LogP contribution in [0.1, 0.15) is 6.92 Å². The van der Waals surface area contributed by atoms with Gasteiger partial charge in [0.2, 0.25) is 0 Å². The fraction of sp³-hybridized carbons (Fsp3) is 0.833. The maximum absolute atomic E-state index is 10.7. The van der Waals surface area contributed by atoms with Crippen molar-refractivity contribution in [1.82, 2.24) is 5.32 Å². The normalized spacial score (nSPS) is 13.1. The van der Waals surface area contributed by atoms with Crippen LogP contribution in [0.5, 0.6) is 0 Å². The number of hydrogen-bond donors (Lipinski definition) is 3. The van der Waals surface area contributed by atoms with Crippen molar-refractivity contribution in [1.29, 1.82) is 0 Å². The molecule has 0 aromatic rings. The number of rotatable bonds is 5. The minimum absolute atomic E-state index is 0.201. The second-order valence-corrected chi connectivity index (χ2v) is 2.09. The number of nitrogens with two attached hydrogens (primary N) is 1. The quantitative estimate of drug-likeness (QED) is 0.440. The molecule has 0 unspecified atom stereocenters. The largest absolute Gasteiger partial charge is 0.389 e. The number of hydrogen-bond acceptors (Lipinski definition) is 4. The van der Waals surface area contributed by atoms with Crippen molar-refractivity contribution in [2.45, 2.75) is 13.0 Å². The first kappa shape index (κ1) is 9.55. The molecule has 0 bridgehead atoms. The van der Waals surface area contributed by atoms with Gasteiger partial charge in [0.25, 0.3) is 0 Å². The van der Waals surface area contributed by atoms with Crippen LogP contribution in [-0.4, -0.2) is 36.6 Å². The van der Waals surface area contributed by atoms with Crippen molar-refractivity contribution in [2.24, 2.45) is 5.73 Å². The van der Waals surface area contributed by atoms with Crippen molar-refractivity contribution in [2.75, 3.05) is 19.7 Å². The van der Waals surface area contributed by atoms with E-state index in [1.54, 1.807) is 6.92 Å². The van der Waals surface area contributed by atoms with Gasteiger partial charge >= 0.3 is 0 Å². The van der Waals surface area contributed by atoms with Crippen molar-refractivity contribution < 1.29 is 9.90 Å². The first-order valence-electron chi connectivity index (χ1n) is 3.29. The Labute approximate surface area is 60.4 Å². The summed E-state index contributed by atoms with van der Waals surface area (Å²) in [4.78, 5) is 10.7. The monoisotopic (exact) mass is 146 g/mol. The van der Waals surface area contributed by atoms with Crippen LogP contribution >= 0.6 is 0 Å². The molecule has 0 amide bonds. The Balaban J connectivity index is 3.41. The predicted molar refractivity (Wildman–Crippen MR) is 38.6 cm³/mol. The Bertz CT molecular complexity index is 106. The molecule has 0 aliphatic carbocycles. The van der Waals surface area contributed by atoms with Crippen LogP contribution < -0.4 is 11.1 Å². The first-order valence-corrected chi connectivity index (χ1v) is 3.29. The molecule has 0 aliphatic rings. The standard InChI is InChI=1S/C6H14N2O2/c1-5(6(10)4-9)8-3-2-7/h5,8-9H,2-4,7H2,1H3/t5-/m0/s1. The van der Waals surface area contributed by atoms with Crippen LogP contribution in [0.2, 0.25) is 0 Å². The highest BCUT2D eigenvalue weighted by atomic mass is 16.3. The molecule has 4 heteroatoms. The lowest BCUT2D eigenvalue weighted by atomic mass is 10.2. The van der Waals surface area contributed by atoms with Gasteiger partial charge in [0.15, 0.2) is 5.78 Å². The van der Waals surface area contributed by atoms with Crippen LogP contribution in [0.3, 0.4) is 0 Å². The zero-order chi connectivity index (χ0) is 7.98. The van der Waals surface area contributed by atoms with Gasteiger partial charge in [-0.2, -0.15) is 0 Å². The molecule has 1 atom stereocenters. The van der Waals surface area contributed by atoms with Crippen LogP contribution in [0.15, 0.2) is 0 Å². The van der Waals surface area contributed by atoms with Gasteiger partial charge in [0.1, 0.15) is 6.61 Å². The summed E-state index contributed by atoms with van der Waals surface area (Å²) >= 11 is 0. The molecule has 0 spiro atoms. The van der Waals surface area contributed by atoms with E-state index in [9.17, 15) is 4.79 Å². The molecule has 0 saturated carbocycles. The molecule has 4 nitrogen and oxygen atoms in total. The molecule has 0 aromatic carbocycles. The zero-order valence-corrected chi connectivity index (χ0v) is 6.13. The van der Waals surface area contributed by atoms with E-state index in [-0.39, 0.29) is 11.8 Å². The Morgan fingerprint density at radius 3 is 2.80 bits per heavy atom. The summed E-state index contributed by atoms with van der Waals surface area (Å²) < 4.78 is 0. The highest BCUT2D eigenvalue weighted by Crippen LogP contribution is 1.81. The number of carbonyl (C=O) groups excluding carboxylic acids is 1. The van der Waals surface area contributed by atoms with E-state index < -0.39 is 6.61 Å². The Morgan fingerprint density at radius 1 is 1.80 bits per heavy atom. The van der Waals surface area contributed by atoms with Crippen molar-refractivity contribution in [3.8, 4) is 0 Å². The number of aliphatic hydroxyl groups excluding tert-OH is 1. The molecule has 0 radical (unpaired) electrons. The summed E-state index contributed by atoms with van der Waals surface area (Å²) in [6.07, 6.45) is 0. The number of aliphatic hydroxyl groups is 1. The molecule has 0 fully saturated rings. The summed E-state index contributed by atoms with van der Waals surface area (Å²) in [5, 5.41) is 11.2. The SMILES string of the molecule is C[C@H](NCCN)C(=O)CO. The van der Waals surface area contributed by atoms with E-state index in [0.717, 1.165) is 0 Å². The lowest BCUT2D eigenvalue weighted by Crippen LogP contribution is -2.38. The Kier molecular flexibility index (Phi) is 5.10. The van der Waals surface area contributed by atoms with E-state index in [2.05, 4.69) is 5.32 Å². The molecular formula is C6H14N2O2. The summed E-state index contributed by atoms with van der Waals surface area (Å²) in [6.45, 7) is 2.41. The Morgan fingerprint density at radius 2 is 2.40 bits per heavy atom. The average Bonchev–Trinajstić information content (AvgIpc) is 1.98. The highest BCUT2D eigenvalue weighted by molar-refractivity contribution is 5.84. The summed E-state index contributed by atoms with van der Waals surface area (Å²) in [5.41, 5.74) is 5.18. The molecule has 0 rings (SSSR count). The van der Waals surface area contributed by atoms with E-state index >= 15 is 0 Å². The number of nitrogens with one attached hydrogen (secondary N) is 1. The van der Waals surface area contributed by atoms with Crippen LogP contribution in [0.25, 0.3) is 0 Å².